The van der Waals surface area contributed by atoms with E-state index in [9.17, 15) is 50.4 Å². The van der Waals surface area contributed by atoms with Crippen molar-refractivity contribution in [2.45, 2.75) is 204 Å². The normalized spacial score (nSPS) is 42.6. The van der Waals surface area contributed by atoms with Gasteiger partial charge in [0.2, 0.25) is 0 Å². The molecule has 0 aromatic rings. The van der Waals surface area contributed by atoms with E-state index in [1.165, 1.54) is 0 Å². The van der Waals surface area contributed by atoms with Crippen molar-refractivity contribution in [2.75, 3.05) is 20.0 Å². The zero-order valence-electron chi connectivity index (χ0n) is 37.9. The number of ketones is 2. The summed E-state index contributed by atoms with van der Waals surface area (Å²) in [6, 6.07) is 0. The van der Waals surface area contributed by atoms with Crippen molar-refractivity contribution >= 4 is 11.6 Å². The zero-order chi connectivity index (χ0) is 46.2. The summed E-state index contributed by atoms with van der Waals surface area (Å²) in [5.74, 6) is -0.576. The number of hydrogen-bond donors (Lipinski definition) is 8. The fourth-order valence-corrected chi connectivity index (χ4v) is 9.45. The van der Waals surface area contributed by atoms with Crippen molar-refractivity contribution in [1.29, 1.82) is 0 Å². The first kappa shape index (κ1) is 51.9. The highest BCUT2D eigenvalue weighted by atomic mass is 16.7. The molecule has 0 spiro atoms. The van der Waals surface area contributed by atoms with Crippen molar-refractivity contribution < 1.29 is 78.9 Å². The Kier molecular flexibility index (Phi) is 17.2. The third-order valence-corrected chi connectivity index (χ3v) is 14.6. The van der Waals surface area contributed by atoms with Gasteiger partial charge in [0.05, 0.1) is 68.1 Å². The molecule has 0 aliphatic carbocycles. The van der Waals surface area contributed by atoms with E-state index in [0.717, 1.165) is 11.1 Å². The number of aliphatic hydroxyl groups excluding tert-OH is 8. The molecule has 61 heavy (non-hydrogen) atoms. The van der Waals surface area contributed by atoms with Crippen LogP contribution in [-0.2, 0) is 38.0 Å². The van der Waals surface area contributed by atoms with E-state index < -0.39 is 113 Å². The monoisotopic (exact) mass is 873 g/mol. The molecule has 5 fully saturated rings. The average molecular weight is 873 g/mol. The second-order valence-electron chi connectivity index (χ2n) is 20.0. The molecule has 0 unspecified atom stereocenters. The van der Waals surface area contributed by atoms with Crippen molar-refractivity contribution in [3.8, 4) is 0 Å². The highest BCUT2D eigenvalue weighted by Crippen LogP contribution is 2.44. The van der Waals surface area contributed by atoms with Gasteiger partial charge in [-0.15, -0.1) is 0 Å². The molecule has 5 heterocycles. The van der Waals surface area contributed by atoms with Gasteiger partial charge in [-0.2, -0.15) is 0 Å². The average Bonchev–Trinajstić information content (AvgIpc) is 3.19. The Morgan fingerprint density at radius 3 is 1.70 bits per heavy atom. The van der Waals surface area contributed by atoms with E-state index in [0.29, 0.717) is 12.8 Å². The summed E-state index contributed by atoms with van der Waals surface area (Å²) >= 11 is 0. The fraction of sp³-hybridized carbons (Fsp3) is 0.867. The predicted octanol–water partition coefficient (Wildman–Crippen LogP) is 1.67. The molecule has 0 radical (unpaired) electrons. The number of rotatable bonds is 13. The molecular formula is C45H76O16. The topological polar surface area (TPSA) is 251 Å². The van der Waals surface area contributed by atoms with Gasteiger partial charge in [-0.3, -0.25) is 9.59 Å². The van der Waals surface area contributed by atoms with Gasteiger partial charge < -0.3 is 69.3 Å². The minimum Gasteiger partial charge on any atom is -0.394 e. The number of carbonyl (C=O) groups excluding carboxylic acids is 2. The molecule has 5 rings (SSSR count). The molecular weight excluding hydrogens is 796 g/mol. The lowest BCUT2D eigenvalue weighted by Crippen LogP contribution is -2.65. The lowest BCUT2D eigenvalue weighted by Gasteiger charge is -2.53. The summed E-state index contributed by atoms with van der Waals surface area (Å²) in [5.41, 5.74) is -1.84. The Balaban J connectivity index is 0.000000272. The van der Waals surface area contributed by atoms with Crippen LogP contribution < -0.4 is 0 Å². The molecule has 18 atom stereocenters. The van der Waals surface area contributed by atoms with Crippen molar-refractivity contribution in [1.82, 2.24) is 0 Å². The fourth-order valence-electron chi connectivity index (χ4n) is 9.45. The number of fused-ring (bicyclic) bond motifs is 1. The largest absolute Gasteiger partial charge is 0.394 e. The van der Waals surface area contributed by atoms with Crippen LogP contribution in [-0.4, -0.2) is 169 Å². The maximum absolute atomic E-state index is 13.1. The van der Waals surface area contributed by atoms with Crippen LogP contribution in [0, 0.1) is 22.7 Å². The molecule has 16 nitrogen and oxygen atoms in total. The summed E-state index contributed by atoms with van der Waals surface area (Å²) in [6.45, 7) is 25.6. The van der Waals surface area contributed by atoms with Gasteiger partial charge in [0.25, 0.3) is 0 Å². The van der Waals surface area contributed by atoms with Gasteiger partial charge in [-0.05, 0) is 34.1 Å². The van der Waals surface area contributed by atoms with E-state index in [2.05, 4.69) is 13.2 Å². The van der Waals surface area contributed by atoms with Crippen molar-refractivity contribution in [2.24, 2.45) is 22.7 Å². The third kappa shape index (κ3) is 11.0. The van der Waals surface area contributed by atoms with E-state index in [-0.39, 0.29) is 63.1 Å². The molecule has 0 aromatic carbocycles. The number of ether oxygens (including phenoxy) is 6. The number of aliphatic hydroxyl groups is 8. The van der Waals surface area contributed by atoms with Crippen LogP contribution in [0.1, 0.15) is 108 Å². The highest BCUT2D eigenvalue weighted by Gasteiger charge is 2.56. The van der Waals surface area contributed by atoms with E-state index in [1.54, 1.807) is 27.7 Å². The molecule has 0 aromatic heterocycles. The Hall–Kier alpha value is -1.74. The van der Waals surface area contributed by atoms with Crippen LogP contribution in [0.2, 0.25) is 0 Å². The smallest absolute Gasteiger partial charge is 0.166 e. The van der Waals surface area contributed by atoms with E-state index in [4.69, 9.17) is 28.4 Å². The van der Waals surface area contributed by atoms with Gasteiger partial charge in [-0.1, -0.05) is 65.8 Å². The summed E-state index contributed by atoms with van der Waals surface area (Å²) in [6.07, 6.45) is -10.8. The molecule has 0 amide bonds. The zero-order valence-corrected chi connectivity index (χ0v) is 37.9. The molecule has 0 bridgehead atoms. The van der Waals surface area contributed by atoms with Crippen molar-refractivity contribution in [3.63, 3.8) is 0 Å². The summed E-state index contributed by atoms with van der Waals surface area (Å²) in [7, 11) is 0. The lowest BCUT2D eigenvalue weighted by atomic mass is 9.72. The SMILES string of the molecule is C=C1C[C@](C)([C@H](O)C(=O)CC[C@H]2O[C@H](CO)C(C)(C)[C@H](O)[C@H]2O)O[C@H](C)[C@@H]1C.C=C1C[C@](C)([C@H](O)C(=O)C[C@H]2OCO[C@H]3[C@@H]2O[C@H](C[C@H](O)CO)C(C)(C)[C@@H]3O)O[C@H](C)[C@@H]1C. The molecule has 16 heteroatoms. The molecule has 352 valence electrons. The Bertz CT molecular complexity index is 1530. The molecule has 5 aliphatic rings. The van der Waals surface area contributed by atoms with Crippen molar-refractivity contribution in [3.05, 3.63) is 24.3 Å². The van der Waals surface area contributed by atoms with E-state index >= 15 is 0 Å². The Morgan fingerprint density at radius 1 is 0.705 bits per heavy atom. The Morgan fingerprint density at radius 2 is 1.21 bits per heavy atom. The van der Waals surface area contributed by atoms with Crippen LogP contribution in [0.3, 0.4) is 0 Å². The van der Waals surface area contributed by atoms with E-state index in [1.807, 2.05) is 41.5 Å². The van der Waals surface area contributed by atoms with Crippen LogP contribution in [0.15, 0.2) is 24.3 Å². The predicted molar refractivity (Wildman–Crippen MR) is 222 cm³/mol. The minimum atomic E-state index is -1.38. The maximum atomic E-state index is 13.1. The van der Waals surface area contributed by atoms with Crippen LogP contribution >= 0.6 is 0 Å². The third-order valence-electron chi connectivity index (χ3n) is 14.6. The van der Waals surface area contributed by atoms with Crippen LogP contribution in [0.4, 0.5) is 0 Å². The second-order valence-corrected chi connectivity index (χ2v) is 20.0. The highest BCUT2D eigenvalue weighted by molar-refractivity contribution is 5.85. The number of Topliss-reactive ketones (excluding diaryl/α,β-unsaturated/α-hetero) is 2. The van der Waals surface area contributed by atoms with Gasteiger partial charge in [0.15, 0.2) is 11.6 Å². The molecule has 5 saturated heterocycles. The van der Waals surface area contributed by atoms with Gasteiger partial charge in [-0.25, -0.2) is 0 Å². The number of hydrogen-bond acceptors (Lipinski definition) is 16. The first-order valence-corrected chi connectivity index (χ1v) is 21.8. The summed E-state index contributed by atoms with van der Waals surface area (Å²) in [5, 5.41) is 82.1. The second kappa shape index (κ2) is 20.2. The quantitative estimate of drug-likeness (QED) is 0.123. The first-order chi connectivity index (χ1) is 28.2. The lowest BCUT2D eigenvalue weighted by molar-refractivity contribution is -0.325. The minimum absolute atomic E-state index is 0.0381. The summed E-state index contributed by atoms with van der Waals surface area (Å²) < 4.78 is 35.2. The Labute approximate surface area is 361 Å². The van der Waals surface area contributed by atoms with Crippen LogP contribution in [0.5, 0.6) is 0 Å². The van der Waals surface area contributed by atoms with Crippen LogP contribution in [0.25, 0.3) is 0 Å². The number of carbonyl (C=O) groups is 2. The summed E-state index contributed by atoms with van der Waals surface area (Å²) in [4.78, 5) is 25.8. The molecule has 8 N–H and O–H groups in total. The maximum Gasteiger partial charge on any atom is 0.166 e. The van der Waals surface area contributed by atoms with Gasteiger partial charge >= 0.3 is 0 Å². The van der Waals surface area contributed by atoms with Gasteiger partial charge in [0, 0.05) is 54.8 Å². The standard InChI is InChI=1S/C24H40O9.C21H36O7/c1-12-9-24(6,33-14(3)13(12)2)21(28)16(27)8-17-19-20(31-11-30-17)22(29)23(4,5)18(32-19)7-15(26)10-25;1-11-9-21(6,28-13(3)12(11)2)18(25)14(23)7-8-15-17(24)19(26)20(4,5)16(10-22)27-15/h13-15,17-22,25-26,28-29H,1,7-11H2,2-6H3;12-13,15-19,22,24-26H,1,7-10H2,2-6H3/t13-,14-,15+,17-,18-,19-,20+,21-,22-,24-;12-,13-,15-,16-,17+,18-,19-,21-/m11/s1. The molecule has 0 saturated carbocycles. The van der Waals surface area contributed by atoms with Gasteiger partial charge in [0.1, 0.15) is 48.5 Å². The first-order valence-electron chi connectivity index (χ1n) is 21.8. The molecule has 5 aliphatic heterocycles.